The fourth-order valence-corrected chi connectivity index (χ4v) is 3.98. The summed E-state index contributed by atoms with van der Waals surface area (Å²) in [5, 5.41) is 0. The van der Waals surface area contributed by atoms with Gasteiger partial charge >= 0.3 is 17.9 Å². The highest BCUT2D eigenvalue weighted by Crippen LogP contribution is 2.42. The molecule has 1 heterocycles. The van der Waals surface area contributed by atoms with Gasteiger partial charge in [-0.2, -0.15) is 0 Å². The van der Waals surface area contributed by atoms with Gasteiger partial charge in [-0.05, 0) is 33.3 Å². The van der Waals surface area contributed by atoms with E-state index in [9.17, 15) is 19.2 Å². The van der Waals surface area contributed by atoms with Crippen molar-refractivity contribution in [3.05, 3.63) is 35.9 Å². The maximum Gasteiger partial charge on any atom is 0.346 e. The summed E-state index contributed by atoms with van der Waals surface area (Å²) in [5.74, 6) is 3.12. The van der Waals surface area contributed by atoms with E-state index in [4.69, 9.17) is 23.7 Å². The maximum absolute atomic E-state index is 13.0. The summed E-state index contributed by atoms with van der Waals surface area (Å²) >= 11 is 0. The lowest BCUT2D eigenvalue weighted by Gasteiger charge is -2.33. The highest BCUT2D eigenvalue weighted by Gasteiger charge is 2.58. The SMILES string of the molecule is CC#C[C@@]1(C)[C@@H](COC(Cc2ccccc2)(C(C)=O)C(=O)OCC)OC(OC(C)=O)[C@@H]1OC(C)=O. The molecule has 1 aliphatic rings. The summed E-state index contributed by atoms with van der Waals surface area (Å²) in [7, 11) is 0. The van der Waals surface area contributed by atoms with Crippen molar-refractivity contribution in [1.82, 2.24) is 0 Å². The van der Waals surface area contributed by atoms with E-state index in [1.165, 1.54) is 20.8 Å². The van der Waals surface area contributed by atoms with Crippen molar-refractivity contribution in [2.75, 3.05) is 13.2 Å². The van der Waals surface area contributed by atoms with Gasteiger partial charge in [0.15, 0.2) is 11.9 Å². The van der Waals surface area contributed by atoms with E-state index in [0.717, 1.165) is 0 Å². The lowest BCUT2D eigenvalue weighted by atomic mass is 9.81. The second-order valence-corrected chi connectivity index (χ2v) is 8.37. The molecule has 1 aromatic rings. The molecule has 0 radical (unpaired) electrons. The molecule has 0 aliphatic carbocycles. The highest BCUT2D eigenvalue weighted by atomic mass is 16.7. The summed E-state index contributed by atoms with van der Waals surface area (Å²) in [6, 6.07) is 8.92. The number of esters is 3. The van der Waals surface area contributed by atoms with Gasteiger partial charge in [0.25, 0.3) is 0 Å². The van der Waals surface area contributed by atoms with Crippen LogP contribution >= 0.6 is 0 Å². The Bertz CT molecular complexity index is 993. The zero-order valence-electron chi connectivity index (χ0n) is 20.9. The van der Waals surface area contributed by atoms with Crippen LogP contribution in [0.25, 0.3) is 0 Å². The van der Waals surface area contributed by atoms with E-state index in [1.54, 1.807) is 45.0 Å². The number of hydrogen-bond acceptors (Lipinski definition) is 9. The molecule has 1 fully saturated rings. The molecule has 2 rings (SSSR count). The van der Waals surface area contributed by atoms with Gasteiger partial charge in [0.1, 0.15) is 11.5 Å². The molecule has 5 atom stereocenters. The third kappa shape index (κ3) is 6.47. The predicted octanol–water partition coefficient (Wildman–Crippen LogP) is 2.39. The van der Waals surface area contributed by atoms with Crippen molar-refractivity contribution in [3.63, 3.8) is 0 Å². The lowest BCUT2D eigenvalue weighted by molar-refractivity contribution is -0.201. The van der Waals surface area contributed by atoms with Crippen LogP contribution in [0.5, 0.6) is 0 Å². The largest absolute Gasteiger partial charge is 0.463 e. The quantitative estimate of drug-likeness (QED) is 0.212. The Balaban J connectivity index is 2.45. The molecule has 0 bridgehead atoms. The molecule has 35 heavy (non-hydrogen) atoms. The number of ketones is 1. The Hall–Kier alpha value is -3.22. The van der Waals surface area contributed by atoms with Gasteiger partial charge in [0, 0.05) is 20.3 Å². The Labute approximate surface area is 205 Å². The van der Waals surface area contributed by atoms with Crippen LogP contribution in [0.1, 0.15) is 47.1 Å². The predicted molar refractivity (Wildman–Crippen MR) is 124 cm³/mol. The van der Waals surface area contributed by atoms with Gasteiger partial charge in [0.05, 0.1) is 13.2 Å². The van der Waals surface area contributed by atoms with Crippen LogP contribution in [0.2, 0.25) is 0 Å². The van der Waals surface area contributed by atoms with Gasteiger partial charge in [-0.3, -0.25) is 14.4 Å². The highest BCUT2D eigenvalue weighted by molar-refractivity contribution is 6.06. The number of hydrogen-bond donors (Lipinski definition) is 0. The van der Waals surface area contributed by atoms with Crippen molar-refractivity contribution >= 4 is 23.7 Å². The molecule has 2 unspecified atom stereocenters. The molecule has 0 amide bonds. The maximum atomic E-state index is 13.0. The average Bonchev–Trinajstić information content (AvgIpc) is 3.02. The average molecular weight is 489 g/mol. The minimum absolute atomic E-state index is 0.0496. The lowest BCUT2D eigenvalue weighted by Crippen LogP contribution is -2.53. The Kier molecular flexibility index (Phi) is 9.57. The molecule has 190 valence electrons. The smallest absolute Gasteiger partial charge is 0.346 e. The first kappa shape index (κ1) is 28.0. The number of carbonyl (C=O) groups excluding carboxylic acids is 4. The van der Waals surface area contributed by atoms with Crippen LogP contribution in [0.15, 0.2) is 30.3 Å². The number of rotatable bonds is 10. The molecule has 9 heteroatoms. The third-order valence-corrected chi connectivity index (χ3v) is 5.73. The van der Waals surface area contributed by atoms with Crippen LogP contribution in [0.3, 0.4) is 0 Å². The van der Waals surface area contributed by atoms with E-state index >= 15 is 0 Å². The van der Waals surface area contributed by atoms with Crippen LogP contribution in [-0.4, -0.2) is 61.0 Å². The normalized spacial score (nSPS) is 24.9. The zero-order chi connectivity index (χ0) is 26.2. The summed E-state index contributed by atoms with van der Waals surface area (Å²) in [4.78, 5) is 49.4. The van der Waals surface area contributed by atoms with Gasteiger partial charge < -0.3 is 23.7 Å². The van der Waals surface area contributed by atoms with Crippen LogP contribution in [0, 0.1) is 17.3 Å². The number of Topliss-reactive ketones (excluding diaryl/α,β-unsaturated/α-hetero) is 1. The van der Waals surface area contributed by atoms with Crippen molar-refractivity contribution in [3.8, 4) is 11.8 Å². The zero-order valence-corrected chi connectivity index (χ0v) is 20.9. The Morgan fingerprint density at radius 1 is 1.06 bits per heavy atom. The summed E-state index contributed by atoms with van der Waals surface area (Å²) in [6.07, 6.45) is -3.30. The summed E-state index contributed by atoms with van der Waals surface area (Å²) in [6.45, 7) is 8.32. The molecular formula is C26H32O9. The topological polar surface area (TPSA) is 114 Å². The van der Waals surface area contributed by atoms with Crippen LogP contribution < -0.4 is 0 Å². The van der Waals surface area contributed by atoms with E-state index in [1.807, 2.05) is 6.07 Å². The first-order chi connectivity index (χ1) is 16.5. The first-order valence-electron chi connectivity index (χ1n) is 11.3. The van der Waals surface area contributed by atoms with E-state index in [-0.39, 0.29) is 19.6 Å². The van der Waals surface area contributed by atoms with Gasteiger partial charge in [0.2, 0.25) is 11.9 Å². The minimum atomic E-state index is -1.95. The van der Waals surface area contributed by atoms with E-state index in [2.05, 4.69) is 11.8 Å². The molecule has 1 aromatic carbocycles. The second-order valence-electron chi connectivity index (χ2n) is 8.37. The fraction of sp³-hybridized carbons (Fsp3) is 0.538. The van der Waals surface area contributed by atoms with E-state index in [0.29, 0.717) is 5.56 Å². The van der Waals surface area contributed by atoms with Crippen molar-refractivity contribution in [1.29, 1.82) is 0 Å². The fourth-order valence-electron chi connectivity index (χ4n) is 3.98. The number of carbonyl (C=O) groups is 4. The monoisotopic (exact) mass is 488 g/mol. The summed E-state index contributed by atoms with van der Waals surface area (Å²) in [5.41, 5.74) is -2.43. The molecule has 0 saturated carbocycles. The van der Waals surface area contributed by atoms with Gasteiger partial charge in [-0.1, -0.05) is 36.3 Å². The molecule has 1 saturated heterocycles. The van der Waals surface area contributed by atoms with E-state index < -0.39 is 53.2 Å². The minimum Gasteiger partial charge on any atom is -0.463 e. The molecule has 0 aromatic heterocycles. The number of benzene rings is 1. The van der Waals surface area contributed by atoms with Gasteiger partial charge in [-0.15, -0.1) is 5.92 Å². The van der Waals surface area contributed by atoms with Crippen molar-refractivity contribution in [2.45, 2.75) is 72.1 Å². The Morgan fingerprint density at radius 3 is 2.20 bits per heavy atom. The Morgan fingerprint density at radius 2 is 1.69 bits per heavy atom. The van der Waals surface area contributed by atoms with Crippen molar-refractivity contribution < 1.29 is 42.9 Å². The second kappa shape index (κ2) is 12.0. The third-order valence-electron chi connectivity index (χ3n) is 5.73. The molecule has 9 nitrogen and oxygen atoms in total. The van der Waals surface area contributed by atoms with Crippen LogP contribution in [-0.2, 0) is 49.3 Å². The number of ether oxygens (including phenoxy) is 5. The molecular weight excluding hydrogens is 456 g/mol. The molecule has 1 aliphatic heterocycles. The van der Waals surface area contributed by atoms with Crippen LogP contribution in [0.4, 0.5) is 0 Å². The molecule has 0 spiro atoms. The summed E-state index contributed by atoms with van der Waals surface area (Å²) < 4.78 is 27.8. The van der Waals surface area contributed by atoms with Gasteiger partial charge in [-0.25, -0.2) is 4.79 Å². The first-order valence-corrected chi connectivity index (χ1v) is 11.3. The molecule has 0 N–H and O–H groups in total. The van der Waals surface area contributed by atoms with Crippen molar-refractivity contribution in [2.24, 2.45) is 5.41 Å². The standard InChI is InChI=1S/C26H32O9/c1-7-14-25(6)21(35-23(34-19(5)29)22(25)33-18(4)28)16-32-26(17(3)27,24(30)31-8-2)15-20-12-10-9-11-13-20/h9-13,21-23H,8,15-16H2,1-6H3/t21-,22+,23?,25+,26?/m1/s1.